The highest BCUT2D eigenvalue weighted by atomic mass is 79.9. The first-order valence-corrected chi connectivity index (χ1v) is 5.91. The zero-order valence-electron chi connectivity index (χ0n) is 8.63. The SMILES string of the molecule is C=C(CN1CCNCC1)c1ccc(Br)o1. The van der Waals surface area contributed by atoms with Gasteiger partial charge in [0.05, 0.1) is 0 Å². The van der Waals surface area contributed by atoms with Crippen molar-refractivity contribution in [3.05, 3.63) is 29.1 Å². The molecule has 0 bridgehead atoms. The fourth-order valence-electron chi connectivity index (χ4n) is 1.72. The molecule has 82 valence electrons. The Balaban J connectivity index is 1.91. The summed E-state index contributed by atoms with van der Waals surface area (Å²) in [5.41, 5.74) is 1.04. The maximum absolute atomic E-state index is 5.46. The summed E-state index contributed by atoms with van der Waals surface area (Å²) in [4.78, 5) is 2.38. The fraction of sp³-hybridized carbons (Fsp3) is 0.455. The van der Waals surface area contributed by atoms with E-state index >= 15 is 0 Å². The third-order valence-electron chi connectivity index (χ3n) is 2.55. The lowest BCUT2D eigenvalue weighted by molar-refractivity contribution is 0.267. The first-order valence-electron chi connectivity index (χ1n) is 5.12. The Morgan fingerprint density at radius 3 is 2.80 bits per heavy atom. The molecule has 3 nitrogen and oxygen atoms in total. The Kier molecular flexibility index (Phi) is 3.61. The molecule has 1 N–H and O–H groups in total. The highest BCUT2D eigenvalue weighted by Crippen LogP contribution is 2.20. The van der Waals surface area contributed by atoms with Crippen molar-refractivity contribution in [2.24, 2.45) is 0 Å². The number of piperazine rings is 1. The lowest BCUT2D eigenvalue weighted by Crippen LogP contribution is -2.43. The van der Waals surface area contributed by atoms with Crippen LogP contribution in [-0.4, -0.2) is 37.6 Å². The molecule has 0 unspecified atom stereocenters. The van der Waals surface area contributed by atoms with E-state index in [9.17, 15) is 0 Å². The van der Waals surface area contributed by atoms with E-state index in [0.29, 0.717) is 0 Å². The molecule has 1 saturated heterocycles. The Morgan fingerprint density at radius 2 is 2.20 bits per heavy atom. The van der Waals surface area contributed by atoms with Gasteiger partial charge in [0.2, 0.25) is 0 Å². The molecule has 2 rings (SSSR count). The molecule has 0 aliphatic carbocycles. The zero-order chi connectivity index (χ0) is 10.7. The van der Waals surface area contributed by atoms with Crippen LogP contribution in [0.3, 0.4) is 0 Å². The first-order chi connectivity index (χ1) is 7.25. The van der Waals surface area contributed by atoms with E-state index in [0.717, 1.165) is 48.7 Å². The number of nitrogens with zero attached hydrogens (tertiary/aromatic N) is 1. The molecule has 1 aromatic heterocycles. The number of hydrogen-bond acceptors (Lipinski definition) is 3. The average Bonchev–Trinajstić information content (AvgIpc) is 2.66. The van der Waals surface area contributed by atoms with Gasteiger partial charge in [-0.2, -0.15) is 0 Å². The van der Waals surface area contributed by atoms with Gasteiger partial charge in [-0.15, -0.1) is 0 Å². The molecular weight excluding hydrogens is 256 g/mol. The van der Waals surface area contributed by atoms with Crippen molar-refractivity contribution in [3.8, 4) is 0 Å². The minimum atomic E-state index is 0.763. The van der Waals surface area contributed by atoms with Crippen LogP contribution in [-0.2, 0) is 0 Å². The maximum Gasteiger partial charge on any atom is 0.169 e. The molecule has 15 heavy (non-hydrogen) atoms. The second-order valence-corrected chi connectivity index (χ2v) is 4.52. The average molecular weight is 271 g/mol. The van der Waals surface area contributed by atoms with E-state index in [1.54, 1.807) is 0 Å². The summed E-state index contributed by atoms with van der Waals surface area (Å²) in [7, 11) is 0. The maximum atomic E-state index is 5.46. The standard InChI is InChI=1S/C11H15BrN2O/c1-9(10-2-3-11(12)15-10)8-14-6-4-13-5-7-14/h2-3,13H,1,4-8H2. The molecule has 0 aromatic carbocycles. The molecule has 1 aromatic rings. The van der Waals surface area contributed by atoms with Crippen molar-refractivity contribution >= 4 is 21.5 Å². The van der Waals surface area contributed by atoms with Crippen molar-refractivity contribution in [2.45, 2.75) is 0 Å². The fourth-order valence-corrected chi connectivity index (χ4v) is 2.03. The number of hydrogen-bond donors (Lipinski definition) is 1. The van der Waals surface area contributed by atoms with Crippen LogP contribution in [0, 0.1) is 0 Å². The molecule has 0 saturated carbocycles. The third kappa shape index (κ3) is 2.93. The van der Waals surface area contributed by atoms with Crippen LogP contribution in [0.2, 0.25) is 0 Å². The van der Waals surface area contributed by atoms with Crippen LogP contribution >= 0.6 is 15.9 Å². The largest absolute Gasteiger partial charge is 0.450 e. The van der Waals surface area contributed by atoms with Gasteiger partial charge in [-0.05, 0) is 28.1 Å². The smallest absolute Gasteiger partial charge is 0.169 e. The van der Waals surface area contributed by atoms with Crippen LogP contribution in [0.5, 0.6) is 0 Å². The molecular formula is C11H15BrN2O. The molecule has 1 aliphatic heterocycles. The lowest BCUT2D eigenvalue weighted by Gasteiger charge is -2.27. The summed E-state index contributed by atoms with van der Waals surface area (Å²) in [6, 6.07) is 3.85. The monoisotopic (exact) mass is 270 g/mol. The summed E-state index contributed by atoms with van der Waals surface area (Å²) < 4.78 is 6.22. The minimum absolute atomic E-state index is 0.763. The molecule has 0 radical (unpaired) electrons. The third-order valence-corrected chi connectivity index (χ3v) is 2.97. The summed E-state index contributed by atoms with van der Waals surface area (Å²) >= 11 is 3.29. The molecule has 1 fully saturated rings. The van der Waals surface area contributed by atoms with E-state index in [1.807, 2.05) is 12.1 Å². The number of rotatable bonds is 3. The predicted octanol–water partition coefficient (Wildman–Crippen LogP) is 1.96. The van der Waals surface area contributed by atoms with Gasteiger partial charge >= 0.3 is 0 Å². The van der Waals surface area contributed by atoms with Crippen LogP contribution in [0.25, 0.3) is 5.57 Å². The van der Waals surface area contributed by atoms with Gasteiger partial charge < -0.3 is 9.73 Å². The summed E-state index contributed by atoms with van der Waals surface area (Å²) in [6.45, 7) is 9.24. The van der Waals surface area contributed by atoms with E-state index in [1.165, 1.54) is 0 Å². The van der Waals surface area contributed by atoms with Gasteiger partial charge in [0.1, 0.15) is 5.76 Å². The summed E-state index contributed by atoms with van der Waals surface area (Å²) in [6.07, 6.45) is 0. The van der Waals surface area contributed by atoms with Crippen LogP contribution in [0.1, 0.15) is 5.76 Å². The van der Waals surface area contributed by atoms with Crippen molar-refractivity contribution in [3.63, 3.8) is 0 Å². The summed E-state index contributed by atoms with van der Waals surface area (Å²) in [5.74, 6) is 0.875. The van der Waals surface area contributed by atoms with Gasteiger partial charge in [-0.25, -0.2) is 0 Å². The second kappa shape index (κ2) is 4.96. The number of halogens is 1. The molecule has 4 heteroatoms. The van der Waals surface area contributed by atoms with Gasteiger partial charge in [-0.1, -0.05) is 6.58 Å². The normalized spacial score (nSPS) is 17.9. The Hall–Kier alpha value is -0.580. The van der Waals surface area contributed by atoms with Crippen molar-refractivity contribution in [1.29, 1.82) is 0 Å². The molecule has 2 heterocycles. The quantitative estimate of drug-likeness (QED) is 0.911. The topological polar surface area (TPSA) is 28.4 Å². The van der Waals surface area contributed by atoms with E-state index in [4.69, 9.17) is 4.42 Å². The Morgan fingerprint density at radius 1 is 1.47 bits per heavy atom. The molecule has 0 spiro atoms. The van der Waals surface area contributed by atoms with Gasteiger partial charge in [0.15, 0.2) is 4.67 Å². The van der Waals surface area contributed by atoms with Crippen LogP contribution in [0.4, 0.5) is 0 Å². The van der Waals surface area contributed by atoms with Crippen molar-refractivity contribution < 1.29 is 4.42 Å². The predicted molar refractivity (Wildman–Crippen MR) is 64.8 cm³/mol. The summed E-state index contributed by atoms with van der Waals surface area (Å²) in [5, 5.41) is 3.33. The van der Waals surface area contributed by atoms with Gasteiger partial charge in [-0.3, -0.25) is 4.90 Å². The number of nitrogens with one attached hydrogen (secondary N) is 1. The highest BCUT2D eigenvalue weighted by molar-refractivity contribution is 9.10. The molecule has 1 aliphatic rings. The van der Waals surface area contributed by atoms with Crippen molar-refractivity contribution in [1.82, 2.24) is 10.2 Å². The van der Waals surface area contributed by atoms with E-state index in [2.05, 4.69) is 32.7 Å². The van der Waals surface area contributed by atoms with Gasteiger partial charge in [0.25, 0.3) is 0 Å². The van der Waals surface area contributed by atoms with Crippen molar-refractivity contribution in [2.75, 3.05) is 32.7 Å². The lowest BCUT2D eigenvalue weighted by atomic mass is 10.2. The number of furan rings is 1. The second-order valence-electron chi connectivity index (χ2n) is 3.73. The Labute approximate surface area is 98.3 Å². The first kappa shape index (κ1) is 10.9. The zero-order valence-corrected chi connectivity index (χ0v) is 10.2. The minimum Gasteiger partial charge on any atom is -0.450 e. The van der Waals surface area contributed by atoms with E-state index < -0.39 is 0 Å². The Bertz CT molecular complexity index is 342. The highest BCUT2D eigenvalue weighted by Gasteiger charge is 2.12. The van der Waals surface area contributed by atoms with E-state index in [-0.39, 0.29) is 0 Å². The molecule has 0 amide bonds. The van der Waals surface area contributed by atoms with Crippen LogP contribution < -0.4 is 5.32 Å². The molecule has 0 atom stereocenters. The van der Waals surface area contributed by atoms with Gasteiger partial charge in [0, 0.05) is 38.3 Å². The van der Waals surface area contributed by atoms with Crippen LogP contribution in [0.15, 0.2) is 27.8 Å².